The molecule has 0 saturated carbocycles. The van der Waals surface area contributed by atoms with Gasteiger partial charge in [-0.25, -0.2) is 0 Å². The average Bonchev–Trinajstić information content (AvgIpc) is 2.53. The minimum atomic E-state index is -0.137. The zero-order chi connectivity index (χ0) is 14.4. The molecule has 0 fully saturated rings. The zero-order valence-electron chi connectivity index (χ0n) is 11.6. The van der Waals surface area contributed by atoms with Gasteiger partial charge in [-0.05, 0) is 48.4 Å². The van der Waals surface area contributed by atoms with Crippen LogP contribution in [0.4, 0.5) is 0 Å². The number of rotatable bonds is 3. The largest absolute Gasteiger partial charge is 0.279 e. The van der Waals surface area contributed by atoms with Gasteiger partial charge in [0.25, 0.3) is 0 Å². The van der Waals surface area contributed by atoms with Crippen LogP contribution in [0.3, 0.4) is 0 Å². The van der Waals surface area contributed by atoms with E-state index in [-0.39, 0.29) is 5.78 Å². The van der Waals surface area contributed by atoms with Crippen molar-refractivity contribution in [1.29, 1.82) is 0 Å². The van der Waals surface area contributed by atoms with E-state index in [2.05, 4.69) is 18.8 Å². The molecule has 0 saturated heterocycles. The van der Waals surface area contributed by atoms with Crippen molar-refractivity contribution in [3.63, 3.8) is 0 Å². The van der Waals surface area contributed by atoms with Crippen molar-refractivity contribution in [3.05, 3.63) is 65.2 Å². The molecule has 0 aromatic heterocycles. The highest BCUT2D eigenvalue weighted by Crippen LogP contribution is 2.14. The van der Waals surface area contributed by atoms with Gasteiger partial charge in [0.05, 0.1) is 0 Å². The molecule has 2 aromatic rings. The van der Waals surface area contributed by atoms with E-state index in [9.17, 15) is 4.79 Å². The fourth-order valence-corrected chi connectivity index (χ4v) is 2.18. The molecule has 0 unspecified atom stereocenters. The smallest absolute Gasteiger partial charge is 0.236 e. The van der Waals surface area contributed by atoms with Gasteiger partial charge in [0.15, 0.2) is 0 Å². The monoisotopic (exact) mass is 280 g/mol. The summed E-state index contributed by atoms with van der Waals surface area (Å²) in [5.74, 6) is 5.47. The summed E-state index contributed by atoms with van der Waals surface area (Å²) < 4.78 is 0. The van der Waals surface area contributed by atoms with E-state index < -0.39 is 0 Å². The van der Waals surface area contributed by atoms with Crippen molar-refractivity contribution in [2.45, 2.75) is 18.2 Å². The van der Waals surface area contributed by atoms with Crippen LogP contribution in [0.25, 0.3) is 0 Å². The molecule has 2 aromatic carbocycles. The summed E-state index contributed by atoms with van der Waals surface area (Å²) in [6.07, 6.45) is 3.01. The Bertz CT molecular complexity index is 643. The first-order valence-electron chi connectivity index (χ1n) is 6.52. The highest BCUT2D eigenvalue weighted by atomic mass is 32.2. The second kappa shape index (κ2) is 6.98. The Kier molecular flexibility index (Phi) is 5.03. The van der Waals surface area contributed by atoms with Crippen LogP contribution >= 0.6 is 11.8 Å². The first-order valence-corrected chi connectivity index (χ1v) is 7.74. The maximum absolute atomic E-state index is 12.0. The summed E-state index contributed by atoms with van der Waals surface area (Å²) in [6.45, 7) is 2.09. The number of carbonyl (C=O) groups excluding carboxylic acids is 1. The summed E-state index contributed by atoms with van der Waals surface area (Å²) >= 11 is 1.69. The van der Waals surface area contributed by atoms with Crippen molar-refractivity contribution in [2.24, 2.45) is 0 Å². The molecule has 20 heavy (non-hydrogen) atoms. The third-order valence-corrected chi connectivity index (χ3v) is 3.78. The van der Waals surface area contributed by atoms with Crippen LogP contribution in [0, 0.1) is 11.8 Å². The molecular formula is C18H16OS. The number of thioether (sulfide) groups is 1. The van der Waals surface area contributed by atoms with Crippen LogP contribution in [0.5, 0.6) is 0 Å². The number of benzene rings is 2. The molecule has 0 bridgehead atoms. The van der Waals surface area contributed by atoms with Gasteiger partial charge in [-0.3, -0.25) is 4.79 Å². The highest BCUT2D eigenvalue weighted by Gasteiger charge is 2.01. The highest BCUT2D eigenvalue weighted by molar-refractivity contribution is 7.98. The maximum atomic E-state index is 12.0. The quantitative estimate of drug-likeness (QED) is 0.476. The second-order valence-electron chi connectivity index (χ2n) is 4.36. The fraction of sp³-hybridized carbons (Fsp3) is 0.167. The Hall–Kier alpha value is -1.98. The Labute approximate surface area is 124 Å². The number of ketones is 1. The minimum absolute atomic E-state index is 0.137. The van der Waals surface area contributed by atoms with E-state index in [0.717, 1.165) is 12.0 Å². The molecule has 0 heterocycles. The summed E-state index contributed by atoms with van der Waals surface area (Å²) in [4.78, 5) is 13.2. The first-order chi connectivity index (χ1) is 9.72. The van der Waals surface area contributed by atoms with Crippen molar-refractivity contribution in [3.8, 4) is 11.8 Å². The number of aryl methyl sites for hydroxylation is 1. The molecule has 2 rings (SSSR count). The molecule has 0 aliphatic heterocycles. The lowest BCUT2D eigenvalue weighted by Gasteiger charge is -1.97. The van der Waals surface area contributed by atoms with Gasteiger partial charge in [-0.1, -0.05) is 37.1 Å². The number of hydrogen-bond acceptors (Lipinski definition) is 2. The van der Waals surface area contributed by atoms with Gasteiger partial charge >= 0.3 is 0 Å². The lowest BCUT2D eigenvalue weighted by atomic mass is 10.1. The van der Waals surface area contributed by atoms with Gasteiger partial charge in [-0.15, -0.1) is 11.8 Å². The van der Waals surface area contributed by atoms with Gasteiger partial charge < -0.3 is 0 Å². The van der Waals surface area contributed by atoms with Crippen LogP contribution in [-0.2, 0) is 6.42 Å². The molecule has 0 aliphatic rings. The predicted octanol–water partition coefficient (Wildman–Crippen LogP) is 4.21. The van der Waals surface area contributed by atoms with Crippen LogP contribution in [-0.4, -0.2) is 12.0 Å². The standard InChI is InChI=1S/C18H16OS/c1-3-14-4-9-16(10-5-14)18(19)13-8-15-6-11-17(20-2)12-7-15/h4-7,9-12H,3H2,1-2H3. The first kappa shape index (κ1) is 14.4. The predicted molar refractivity (Wildman–Crippen MR) is 85.3 cm³/mol. The van der Waals surface area contributed by atoms with E-state index in [1.807, 2.05) is 54.8 Å². The van der Waals surface area contributed by atoms with Crippen LogP contribution in [0.15, 0.2) is 53.4 Å². The Balaban J connectivity index is 2.12. The normalized spacial score (nSPS) is 9.70. The van der Waals surface area contributed by atoms with E-state index >= 15 is 0 Å². The second-order valence-corrected chi connectivity index (χ2v) is 5.24. The topological polar surface area (TPSA) is 17.1 Å². The summed E-state index contributed by atoms with van der Waals surface area (Å²) in [6, 6.07) is 15.5. The van der Waals surface area contributed by atoms with Crippen LogP contribution < -0.4 is 0 Å². The summed E-state index contributed by atoms with van der Waals surface area (Å²) in [5, 5.41) is 0. The molecule has 0 spiro atoms. The Morgan fingerprint density at radius 2 is 1.70 bits per heavy atom. The molecular weight excluding hydrogens is 264 g/mol. The van der Waals surface area contributed by atoms with Crippen molar-refractivity contribution in [2.75, 3.05) is 6.26 Å². The van der Waals surface area contributed by atoms with Gasteiger partial charge in [0, 0.05) is 16.0 Å². The van der Waals surface area contributed by atoms with Crippen molar-refractivity contribution in [1.82, 2.24) is 0 Å². The van der Waals surface area contributed by atoms with Crippen molar-refractivity contribution >= 4 is 17.5 Å². The summed E-state index contributed by atoms with van der Waals surface area (Å²) in [5.41, 5.74) is 2.74. The Morgan fingerprint density at radius 1 is 1.05 bits per heavy atom. The van der Waals surface area contributed by atoms with Crippen LogP contribution in [0.2, 0.25) is 0 Å². The maximum Gasteiger partial charge on any atom is 0.236 e. The molecule has 100 valence electrons. The third kappa shape index (κ3) is 3.76. The fourth-order valence-electron chi connectivity index (χ4n) is 1.77. The minimum Gasteiger partial charge on any atom is -0.279 e. The number of carbonyl (C=O) groups is 1. The van der Waals surface area contributed by atoms with E-state index in [0.29, 0.717) is 5.56 Å². The molecule has 0 N–H and O–H groups in total. The van der Waals surface area contributed by atoms with Crippen molar-refractivity contribution < 1.29 is 4.79 Å². The molecule has 0 amide bonds. The SMILES string of the molecule is CCc1ccc(C(=O)C#Cc2ccc(SC)cc2)cc1. The van der Waals surface area contributed by atoms with Gasteiger partial charge in [0.2, 0.25) is 5.78 Å². The lowest BCUT2D eigenvalue weighted by molar-refractivity contribution is 0.105. The van der Waals surface area contributed by atoms with Gasteiger partial charge in [0.1, 0.15) is 0 Å². The average molecular weight is 280 g/mol. The van der Waals surface area contributed by atoms with E-state index in [1.54, 1.807) is 11.8 Å². The molecule has 2 heteroatoms. The van der Waals surface area contributed by atoms with E-state index in [4.69, 9.17) is 0 Å². The lowest BCUT2D eigenvalue weighted by Crippen LogP contribution is -1.95. The molecule has 0 aliphatic carbocycles. The van der Waals surface area contributed by atoms with E-state index in [1.165, 1.54) is 10.5 Å². The zero-order valence-corrected chi connectivity index (χ0v) is 12.5. The number of hydrogen-bond donors (Lipinski definition) is 0. The molecule has 0 atom stereocenters. The van der Waals surface area contributed by atoms with Gasteiger partial charge in [-0.2, -0.15) is 0 Å². The van der Waals surface area contributed by atoms with Crippen LogP contribution in [0.1, 0.15) is 28.4 Å². The third-order valence-electron chi connectivity index (χ3n) is 3.03. The molecule has 1 nitrogen and oxygen atoms in total. The number of Topliss-reactive ketones (excluding diaryl/α,β-unsaturated/α-hetero) is 1. The molecule has 0 radical (unpaired) electrons. The summed E-state index contributed by atoms with van der Waals surface area (Å²) in [7, 11) is 0. The Morgan fingerprint density at radius 3 is 2.25 bits per heavy atom.